The van der Waals surface area contributed by atoms with Crippen molar-refractivity contribution in [2.75, 3.05) is 10.6 Å². The fourth-order valence-corrected chi connectivity index (χ4v) is 7.47. The van der Waals surface area contributed by atoms with Crippen molar-refractivity contribution < 1.29 is 70.0 Å². The molecule has 0 aliphatic heterocycles. The minimum Gasteiger partial charge on any atom is -0.505 e. The minimum absolute atomic E-state index is 0.0234. The molecule has 0 fully saturated rings. The zero-order valence-corrected chi connectivity index (χ0v) is 33.9. The fraction of sp³-hybridized carbons (Fsp3) is 0. The molecule has 0 aliphatic rings. The molecule has 1 heterocycles. The van der Waals surface area contributed by atoms with Gasteiger partial charge in [0.1, 0.15) is 21.2 Å². The van der Waals surface area contributed by atoms with Gasteiger partial charge in [0, 0.05) is 34.3 Å². The lowest BCUT2D eigenvalue weighted by Gasteiger charge is -2.12. The lowest BCUT2D eigenvalue weighted by molar-refractivity contribution is 0.0686. The molecule has 0 aliphatic carbocycles. The van der Waals surface area contributed by atoms with Crippen LogP contribution >= 0.6 is 0 Å². The van der Waals surface area contributed by atoms with Crippen LogP contribution < -0.4 is 16.1 Å². The van der Waals surface area contributed by atoms with Crippen LogP contribution in [0.15, 0.2) is 149 Å². The highest BCUT2D eigenvalue weighted by molar-refractivity contribution is 7.86. The lowest BCUT2D eigenvalue weighted by Crippen LogP contribution is -2.19. The molecule has 8 N–H and O–H groups in total. The number of phenols is 2. The number of carbonyl (C=O) groups excluding carboxylic acids is 2. The topological polar surface area (TPSA) is 362 Å². The number of nitrogens with zero attached hydrogens (tertiary/aromatic N) is 4. The number of carbonyl (C=O) groups is 4. The summed E-state index contributed by atoms with van der Waals surface area (Å²) in [6.07, 6.45) is 0. The molecule has 0 atom stereocenters. The number of benzene rings is 6. The largest absolute Gasteiger partial charge is 0.505 e. The van der Waals surface area contributed by atoms with E-state index in [4.69, 9.17) is 4.42 Å². The highest BCUT2D eigenvalue weighted by Gasteiger charge is 2.25. The highest BCUT2D eigenvalue weighted by atomic mass is 32.2. The molecule has 1 aromatic heterocycles. The van der Waals surface area contributed by atoms with Crippen LogP contribution in [0.25, 0.3) is 21.5 Å². The molecule has 0 radical (unpaired) electrons. The van der Waals surface area contributed by atoms with Gasteiger partial charge in [-0.05, 0) is 95.7 Å². The third-order valence-electron chi connectivity index (χ3n) is 9.10. The summed E-state index contributed by atoms with van der Waals surface area (Å²) in [5.74, 6) is -7.57. The number of nitrogens with one attached hydrogen (secondary N) is 2. The van der Waals surface area contributed by atoms with Gasteiger partial charge in [0.05, 0.1) is 22.5 Å². The van der Waals surface area contributed by atoms with E-state index in [1.54, 1.807) is 0 Å². The van der Waals surface area contributed by atoms with Gasteiger partial charge >= 0.3 is 11.9 Å². The molecule has 0 spiro atoms. The zero-order valence-electron chi connectivity index (χ0n) is 32.3. The number of rotatable bonds is 12. The normalized spacial score (nSPS) is 11.9. The molecule has 65 heavy (non-hydrogen) atoms. The number of carboxylic acid groups (broad SMARTS) is 2. The number of anilines is 2. The summed E-state index contributed by atoms with van der Waals surface area (Å²) in [5, 5.41) is 60.2. The van der Waals surface area contributed by atoms with Gasteiger partial charge < -0.3 is 35.5 Å². The van der Waals surface area contributed by atoms with Crippen LogP contribution in [0.4, 0.5) is 34.1 Å². The number of hydrogen-bond acceptors (Lipinski definition) is 16. The van der Waals surface area contributed by atoms with Crippen molar-refractivity contribution in [3.63, 3.8) is 0 Å². The monoisotopic (exact) mass is 922 g/mol. The Hall–Kier alpha value is -8.71. The van der Waals surface area contributed by atoms with Gasteiger partial charge in [-0.3, -0.25) is 23.5 Å². The quantitative estimate of drug-likeness (QED) is 0.0432. The highest BCUT2D eigenvalue weighted by Crippen LogP contribution is 2.43. The van der Waals surface area contributed by atoms with E-state index in [0.29, 0.717) is 0 Å². The zero-order chi connectivity index (χ0) is 47.0. The van der Waals surface area contributed by atoms with Crippen LogP contribution in [0.5, 0.6) is 11.5 Å². The van der Waals surface area contributed by atoms with E-state index in [1.165, 1.54) is 72.8 Å². The van der Waals surface area contributed by atoms with E-state index in [9.17, 15) is 70.3 Å². The maximum absolute atomic E-state index is 13.3. The van der Waals surface area contributed by atoms with Crippen molar-refractivity contribution in [2.24, 2.45) is 20.5 Å². The summed E-state index contributed by atoms with van der Waals surface area (Å²) < 4.78 is 74.8. The summed E-state index contributed by atoms with van der Waals surface area (Å²) in [6.45, 7) is 0. The molecule has 22 nitrogen and oxygen atoms in total. The molecule has 0 unspecified atom stereocenters. The maximum Gasteiger partial charge on any atom is 0.335 e. The van der Waals surface area contributed by atoms with Crippen molar-refractivity contribution >= 4 is 99.7 Å². The fourth-order valence-electron chi connectivity index (χ4n) is 6.15. The second kappa shape index (κ2) is 17.2. The number of phenolic OH excluding ortho intramolecular Hbond substituents is 2. The van der Waals surface area contributed by atoms with Crippen molar-refractivity contribution in [3.05, 3.63) is 142 Å². The molecule has 24 heteroatoms. The Labute approximate surface area is 363 Å². The number of fused-ring (bicyclic) bond motifs is 2. The first-order chi connectivity index (χ1) is 30.7. The van der Waals surface area contributed by atoms with Gasteiger partial charge in [0.15, 0.2) is 28.4 Å². The smallest absolute Gasteiger partial charge is 0.335 e. The first-order valence-corrected chi connectivity index (χ1v) is 20.9. The summed E-state index contributed by atoms with van der Waals surface area (Å²) in [5.41, 5.74) is -2.70. The first kappa shape index (κ1) is 44.3. The Kier molecular flexibility index (Phi) is 11.7. The van der Waals surface area contributed by atoms with E-state index in [-0.39, 0.29) is 55.4 Å². The average Bonchev–Trinajstić information content (AvgIpc) is 3.24. The van der Waals surface area contributed by atoms with Gasteiger partial charge in [-0.25, -0.2) is 9.59 Å². The molecule has 7 rings (SSSR count). The van der Waals surface area contributed by atoms with E-state index in [1.807, 2.05) is 0 Å². The molecular weight excluding hydrogens is 897 g/mol. The standard InChI is InChI=1S/C41H26N6O16S2/c48-27-17-30(38(51)42-23-7-9-28-21(13-23)15-32(64(57,58)59)34(36(28)49)46-44-25-5-1-3-19(11-25)40(53)54)63-31(18-27)39(52)43-24-8-10-29-22(14-24)16-33(65(60,61)62)35(37(29)50)47-45-26-6-2-4-20(12-26)41(55)56/h1-18,49-50H,(H,42,51)(H,43,52)(H,53,54)(H,55,56)(H,57,58,59)(H,60,61,62). The van der Waals surface area contributed by atoms with Gasteiger partial charge in [-0.15, -0.1) is 10.2 Å². The van der Waals surface area contributed by atoms with Gasteiger partial charge in [0.25, 0.3) is 32.1 Å². The molecule has 7 aromatic rings. The van der Waals surface area contributed by atoms with Crippen molar-refractivity contribution in [1.82, 2.24) is 0 Å². The number of aromatic carboxylic acids is 2. The molecule has 2 amide bonds. The molecule has 0 bridgehead atoms. The lowest BCUT2D eigenvalue weighted by atomic mass is 10.1. The van der Waals surface area contributed by atoms with Crippen LogP contribution in [0.2, 0.25) is 0 Å². The van der Waals surface area contributed by atoms with Gasteiger partial charge in [-0.2, -0.15) is 27.1 Å². The number of azo groups is 2. The molecule has 0 saturated carbocycles. The molecule has 328 valence electrons. The summed E-state index contributed by atoms with van der Waals surface area (Å²) >= 11 is 0. The molecule has 6 aromatic carbocycles. The van der Waals surface area contributed by atoms with Crippen LogP contribution in [-0.2, 0) is 20.2 Å². The third kappa shape index (κ3) is 9.69. The average molecular weight is 923 g/mol. The summed E-state index contributed by atoms with van der Waals surface area (Å²) in [6, 6.07) is 20.9. The van der Waals surface area contributed by atoms with Crippen molar-refractivity contribution in [2.45, 2.75) is 9.79 Å². The number of carboxylic acids is 2. The Morgan fingerprint density at radius 3 is 1.29 bits per heavy atom. The predicted octanol–water partition coefficient (Wildman–Crippen LogP) is 7.58. The first-order valence-electron chi connectivity index (χ1n) is 18.0. The maximum atomic E-state index is 13.3. The van der Waals surface area contributed by atoms with E-state index in [0.717, 1.165) is 36.4 Å². The van der Waals surface area contributed by atoms with Crippen molar-refractivity contribution in [3.8, 4) is 11.5 Å². The van der Waals surface area contributed by atoms with Gasteiger partial charge in [-0.1, -0.05) is 12.1 Å². The predicted molar refractivity (Wildman–Crippen MR) is 227 cm³/mol. The Morgan fingerprint density at radius 2 is 0.923 bits per heavy atom. The van der Waals surface area contributed by atoms with E-state index < -0.39 is 93.6 Å². The second-order valence-electron chi connectivity index (χ2n) is 13.5. The third-order valence-corrected chi connectivity index (χ3v) is 10.8. The van der Waals surface area contributed by atoms with Crippen LogP contribution in [0.1, 0.15) is 41.8 Å². The van der Waals surface area contributed by atoms with Crippen LogP contribution in [0.3, 0.4) is 0 Å². The van der Waals surface area contributed by atoms with E-state index >= 15 is 0 Å². The number of aromatic hydroxyl groups is 2. The van der Waals surface area contributed by atoms with Crippen molar-refractivity contribution in [1.29, 1.82) is 0 Å². The Bertz CT molecular complexity index is 3330. The van der Waals surface area contributed by atoms with E-state index in [2.05, 4.69) is 31.1 Å². The minimum atomic E-state index is -5.08. The molecule has 0 saturated heterocycles. The Morgan fingerprint density at radius 1 is 0.523 bits per heavy atom. The van der Waals surface area contributed by atoms with Crippen LogP contribution in [0, 0.1) is 0 Å². The second-order valence-corrected chi connectivity index (χ2v) is 16.3. The summed E-state index contributed by atoms with van der Waals surface area (Å²) in [7, 11) is -10.2. The van der Waals surface area contributed by atoms with Crippen LogP contribution in [-0.4, -0.2) is 70.1 Å². The summed E-state index contributed by atoms with van der Waals surface area (Å²) in [4.78, 5) is 60.1. The Balaban J connectivity index is 1.13. The SMILES string of the molecule is O=C(O)c1cccc(N=Nc2c(S(=O)(=O)O)cc3cc(NC(=O)c4cc(=O)cc(C(=O)Nc5ccc6c(O)c(N=Nc7cccc(C(=O)O)c7)c(S(=O)(=O)O)cc6c5)o4)ccc3c2O)c1. The number of hydrogen-bond donors (Lipinski definition) is 8. The van der Waals surface area contributed by atoms with Gasteiger partial charge in [0.2, 0.25) is 0 Å². The molecular formula is C41H26N6O16S2. The number of amides is 2.